The number of rotatable bonds is 5. The number of carbonyl (C=O) groups is 2. The molecule has 6 nitrogen and oxygen atoms in total. The predicted octanol–water partition coefficient (Wildman–Crippen LogP) is 4.29. The highest BCUT2D eigenvalue weighted by Crippen LogP contribution is 2.43. The van der Waals surface area contributed by atoms with Crippen LogP contribution in [-0.4, -0.2) is 23.8 Å². The van der Waals surface area contributed by atoms with Crippen LogP contribution in [0.5, 0.6) is 0 Å². The Kier molecular flexibility index (Phi) is 5.30. The molecule has 1 N–H and O–H groups in total. The molecular formula is C21H22O6. The normalized spacial score (nSPS) is 18.0. The predicted molar refractivity (Wildman–Crippen MR) is 97.5 cm³/mol. The Hall–Kier alpha value is -2.70. The number of benzene rings is 2. The van der Waals surface area contributed by atoms with E-state index in [1.807, 2.05) is 20.8 Å². The summed E-state index contributed by atoms with van der Waals surface area (Å²) in [5, 5.41) is 9.83. The molecule has 1 unspecified atom stereocenters. The number of ether oxygens (including phenoxy) is 2. The highest BCUT2D eigenvalue weighted by Gasteiger charge is 2.49. The van der Waals surface area contributed by atoms with Gasteiger partial charge in [-0.2, -0.15) is 4.89 Å². The van der Waals surface area contributed by atoms with E-state index in [-0.39, 0.29) is 29.4 Å². The second kappa shape index (κ2) is 7.50. The summed E-state index contributed by atoms with van der Waals surface area (Å²) in [4.78, 5) is 30.0. The molecule has 3 rings (SSSR count). The summed E-state index contributed by atoms with van der Waals surface area (Å²) in [6, 6.07) is 11.7. The van der Waals surface area contributed by atoms with E-state index in [4.69, 9.17) is 14.4 Å². The van der Waals surface area contributed by atoms with Gasteiger partial charge in [0.15, 0.2) is 5.78 Å². The lowest BCUT2D eigenvalue weighted by molar-refractivity contribution is -0.383. The van der Waals surface area contributed by atoms with Gasteiger partial charge >= 0.3 is 11.9 Å². The second-order valence-electron chi connectivity index (χ2n) is 6.87. The minimum absolute atomic E-state index is 0.114. The smallest absolute Gasteiger partial charge is 0.434 e. The van der Waals surface area contributed by atoms with Crippen molar-refractivity contribution in [3.8, 4) is 0 Å². The summed E-state index contributed by atoms with van der Waals surface area (Å²) in [6.45, 7) is 5.91. The monoisotopic (exact) mass is 370 g/mol. The summed E-state index contributed by atoms with van der Waals surface area (Å²) >= 11 is 0. The molecule has 0 spiro atoms. The highest BCUT2D eigenvalue weighted by atomic mass is 17.2. The van der Waals surface area contributed by atoms with Gasteiger partial charge in [-0.25, -0.2) is 10.1 Å². The van der Waals surface area contributed by atoms with Crippen molar-refractivity contribution in [1.82, 2.24) is 0 Å². The van der Waals surface area contributed by atoms with Gasteiger partial charge in [-0.1, -0.05) is 57.2 Å². The fourth-order valence-corrected chi connectivity index (χ4v) is 3.15. The average Bonchev–Trinajstić information content (AvgIpc) is 2.69. The summed E-state index contributed by atoms with van der Waals surface area (Å²) in [7, 11) is 0. The Labute approximate surface area is 157 Å². The largest absolute Gasteiger partial charge is 0.511 e. The molecule has 27 heavy (non-hydrogen) atoms. The average molecular weight is 370 g/mol. The molecule has 0 saturated carbocycles. The molecule has 2 aromatic carbocycles. The second-order valence-corrected chi connectivity index (χ2v) is 6.87. The summed E-state index contributed by atoms with van der Waals surface area (Å²) in [5.41, 5.74) is 2.06. The van der Waals surface area contributed by atoms with E-state index in [9.17, 15) is 14.8 Å². The highest BCUT2D eigenvalue weighted by molar-refractivity contribution is 6.13. The fourth-order valence-electron chi connectivity index (χ4n) is 3.15. The molecule has 142 valence electrons. The molecule has 0 amide bonds. The maximum atomic E-state index is 13.0. The molecule has 0 saturated heterocycles. The van der Waals surface area contributed by atoms with Crippen molar-refractivity contribution < 1.29 is 29.2 Å². The Morgan fingerprint density at radius 3 is 2.48 bits per heavy atom. The van der Waals surface area contributed by atoms with Gasteiger partial charge in [0.1, 0.15) is 0 Å². The number of fused-ring (bicyclic) bond motifs is 2. The maximum absolute atomic E-state index is 13.0. The van der Waals surface area contributed by atoms with Gasteiger partial charge in [-0.3, -0.25) is 4.79 Å². The Balaban J connectivity index is 2.14. The quantitative estimate of drug-likeness (QED) is 0.366. The first-order chi connectivity index (χ1) is 12.9. The van der Waals surface area contributed by atoms with Gasteiger partial charge in [0.2, 0.25) is 0 Å². The first kappa shape index (κ1) is 19.1. The van der Waals surface area contributed by atoms with Crippen molar-refractivity contribution in [3.05, 3.63) is 70.3 Å². The van der Waals surface area contributed by atoms with Crippen LogP contribution in [0.3, 0.4) is 0 Å². The van der Waals surface area contributed by atoms with Crippen LogP contribution >= 0.6 is 0 Å². The van der Waals surface area contributed by atoms with Gasteiger partial charge in [0, 0.05) is 22.3 Å². The van der Waals surface area contributed by atoms with E-state index in [1.54, 1.807) is 42.5 Å². The molecule has 6 heteroatoms. The van der Waals surface area contributed by atoms with Crippen molar-refractivity contribution in [2.75, 3.05) is 6.61 Å². The minimum atomic E-state index is -1.97. The Morgan fingerprint density at radius 2 is 1.81 bits per heavy atom. The third kappa shape index (κ3) is 3.34. The molecule has 0 radical (unpaired) electrons. The standard InChI is InChI=1S/C21H22O6/c1-4-14-9-10-18-16(11-14)19(22)15-7-5-6-8-17(15)21(18,27-24)26-20(23)25-12-13(2)3/h5-11,13,24H,4,12H2,1-3H3. The third-order valence-electron chi connectivity index (χ3n) is 4.51. The number of ketones is 1. The number of hydrogen-bond acceptors (Lipinski definition) is 6. The summed E-state index contributed by atoms with van der Waals surface area (Å²) in [5.74, 6) is -2.08. The molecule has 0 bridgehead atoms. The van der Waals surface area contributed by atoms with Crippen LogP contribution in [0.4, 0.5) is 4.79 Å². The van der Waals surface area contributed by atoms with Crippen LogP contribution in [0.2, 0.25) is 0 Å². The molecule has 0 aliphatic heterocycles. The Bertz CT molecular complexity index is 873. The first-order valence-corrected chi connectivity index (χ1v) is 8.88. The van der Waals surface area contributed by atoms with Gasteiger partial charge in [-0.05, 0) is 24.0 Å². The van der Waals surface area contributed by atoms with Crippen molar-refractivity contribution in [2.45, 2.75) is 33.0 Å². The third-order valence-corrected chi connectivity index (χ3v) is 4.51. The van der Waals surface area contributed by atoms with E-state index in [0.717, 1.165) is 12.0 Å². The van der Waals surface area contributed by atoms with E-state index >= 15 is 0 Å². The lowest BCUT2D eigenvalue weighted by Gasteiger charge is -2.35. The van der Waals surface area contributed by atoms with E-state index in [0.29, 0.717) is 11.1 Å². The number of carbonyl (C=O) groups excluding carboxylic acids is 2. The van der Waals surface area contributed by atoms with Crippen molar-refractivity contribution >= 4 is 11.9 Å². The molecule has 0 heterocycles. The molecule has 0 aromatic heterocycles. The van der Waals surface area contributed by atoms with E-state index in [1.165, 1.54) is 0 Å². The first-order valence-electron chi connectivity index (χ1n) is 8.88. The van der Waals surface area contributed by atoms with Gasteiger partial charge in [-0.15, -0.1) is 0 Å². The molecule has 0 fully saturated rings. The molecular weight excluding hydrogens is 348 g/mol. The fraction of sp³-hybridized carbons (Fsp3) is 0.333. The van der Waals surface area contributed by atoms with E-state index in [2.05, 4.69) is 0 Å². The topological polar surface area (TPSA) is 82.1 Å². The van der Waals surface area contributed by atoms with Crippen LogP contribution in [-0.2, 0) is 26.6 Å². The van der Waals surface area contributed by atoms with Gasteiger partial charge in [0.25, 0.3) is 0 Å². The Morgan fingerprint density at radius 1 is 1.11 bits per heavy atom. The molecule has 1 atom stereocenters. The summed E-state index contributed by atoms with van der Waals surface area (Å²) in [6.07, 6.45) is -0.264. The van der Waals surface area contributed by atoms with Crippen LogP contribution in [0.25, 0.3) is 0 Å². The van der Waals surface area contributed by atoms with Crippen LogP contribution in [0.1, 0.15) is 53.4 Å². The van der Waals surface area contributed by atoms with E-state index < -0.39 is 11.9 Å². The van der Waals surface area contributed by atoms with Crippen LogP contribution in [0, 0.1) is 5.92 Å². The molecule has 1 aliphatic carbocycles. The van der Waals surface area contributed by atoms with Crippen LogP contribution in [0.15, 0.2) is 42.5 Å². The zero-order valence-corrected chi connectivity index (χ0v) is 15.5. The van der Waals surface area contributed by atoms with Gasteiger partial charge < -0.3 is 9.47 Å². The van der Waals surface area contributed by atoms with Crippen molar-refractivity contribution in [1.29, 1.82) is 0 Å². The van der Waals surface area contributed by atoms with Crippen molar-refractivity contribution in [3.63, 3.8) is 0 Å². The lowest BCUT2D eigenvalue weighted by Crippen LogP contribution is -2.42. The lowest BCUT2D eigenvalue weighted by atomic mass is 9.79. The number of hydrogen-bond donors (Lipinski definition) is 1. The van der Waals surface area contributed by atoms with Crippen molar-refractivity contribution in [2.24, 2.45) is 5.92 Å². The van der Waals surface area contributed by atoms with Gasteiger partial charge in [0.05, 0.1) is 6.61 Å². The molecule has 2 aromatic rings. The minimum Gasteiger partial charge on any atom is -0.434 e. The molecule has 1 aliphatic rings. The summed E-state index contributed by atoms with van der Waals surface area (Å²) < 4.78 is 10.6. The zero-order chi connectivity index (χ0) is 19.6. The number of aryl methyl sites for hydroxylation is 1. The maximum Gasteiger partial charge on any atom is 0.511 e. The zero-order valence-electron chi connectivity index (χ0n) is 15.5. The SMILES string of the molecule is CCc1ccc2c(c1)C(=O)c1ccccc1C2(OO)OC(=O)OCC(C)C. The van der Waals surface area contributed by atoms with Crippen LogP contribution < -0.4 is 0 Å².